The predicted molar refractivity (Wildman–Crippen MR) is 96.4 cm³/mol. The second kappa shape index (κ2) is 7.85. The number of ether oxygens (including phenoxy) is 1. The van der Waals surface area contributed by atoms with Crippen molar-refractivity contribution in [3.63, 3.8) is 0 Å². The fourth-order valence-electron chi connectivity index (χ4n) is 2.45. The zero-order valence-corrected chi connectivity index (χ0v) is 14.8. The lowest BCUT2D eigenvalue weighted by molar-refractivity contribution is -0.384. The van der Waals surface area contributed by atoms with Crippen LogP contribution >= 0.6 is 11.6 Å². The molecule has 0 saturated carbocycles. The summed E-state index contributed by atoms with van der Waals surface area (Å²) in [6, 6.07) is 9.47. The number of anilines is 1. The Morgan fingerprint density at radius 2 is 2.04 bits per heavy atom. The Bertz CT molecular complexity index is 810. The lowest BCUT2D eigenvalue weighted by Crippen LogP contribution is -2.26. The Morgan fingerprint density at radius 3 is 2.64 bits per heavy atom. The van der Waals surface area contributed by atoms with E-state index in [-0.39, 0.29) is 23.7 Å². The first-order valence-electron chi connectivity index (χ1n) is 7.41. The predicted octanol–water partition coefficient (Wildman–Crippen LogP) is 3.57. The minimum Gasteiger partial charge on any atom is -0.496 e. The molecule has 0 bridgehead atoms. The van der Waals surface area contributed by atoms with Crippen LogP contribution in [0.2, 0.25) is 5.02 Å². The Hall–Kier alpha value is -2.80. The van der Waals surface area contributed by atoms with E-state index in [1.165, 1.54) is 24.1 Å². The number of nitro groups is 1. The molecule has 25 heavy (non-hydrogen) atoms. The minimum absolute atomic E-state index is 0.151. The summed E-state index contributed by atoms with van der Waals surface area (Å²) in [5.41, 5.74) is 1.17. The van der Waals surface area contributed by atoms with Crippen molar-refractivity contribution in [1.82, 2.24) is 4.90 Å². The molecule has 7 nitrogen and oxygen atoms in total. The smallest absolute Gasteiger partial charge is 0.293 e. The summed E-state index contributed by atoms with van der Waals surface area (Å²) in [5, 5.41) is 14.4. The van der Waals surface area contributed by atoms with E-state index in [2.05, 4.69) is 5.32 Å². The monoisotopic (exact) mass is 363 g/mol. The molecule has 8 heteroatoms. The zero-order valence-electron chi connectivity index (χ0n) is 14.1. The van der Waals surface area contributed by atoms with Crippen LogP contribution in [-0.4, -0.2) is 36.9 Å². The number of benzene rings is 2. The average molecular weight is 364 g/mol. The highest BCUT2D eigenvalue weighted by Crippen LogP contribution is 2.27. The van der Waals surface area contributed by atoms with Gasteiger partial charge in [-0.25, -0.2) is 0 Å². The number of carbonyl (C=O) groups excluding carboxylic acids is 1. The molecule has 0 fully saturated rings. The molecule has 0 heterocycles. The summed E-state index contributed by atoms with van der Waals surface area (Å²) < 4.78 is 5.27. The van der Waals surface area contributed by atoms with Crippen LogP contribution in [0, 0.1) is 10.1 Å². The number of amides is 1. The van der Waals surface area contributed by atoms with Crippen LogP contribution in [0.25, 0.3) is 0 Å². The number of rotatable bonds is 6. The molecular formula is C17H18ClN3O4. The highest BCUT2D eigenvalue weighted by molar-refractivity contribution is 6.30. The molecule has 0 aliphatic carbocycles. The Kier molecular flexibility index (Phi) is 5.82. The molecule has 2 aromatic rings. The fourth-order valence-corrected chi connectivity index (χ4v) is 2.64. The molecule has 0 unspecified atom stereocenters. The third kappa shape index (κ3) is 4.19. The largest absolute Gasteiger partial charge is 0.496 e. The van der Waals surface area contributed by atoms with E-state index in [4.69, 9.17) is 16.3 Å². The van der Waals surface area contributed by atoms with Crippen molar-refractivity contribution in [1.29, 1.82) is 0 Å². The van der Waals surface area contributed by atoms with E-state index < -0.39 is 4.92 Å². The fraction of sp³-hybridized carbons (Fsp3) is 0.235. The number of hydrogen-bond acceptors (Lipinski definition) is 5. The molecule has 1 N–H and O–H groups in total. The molecular weight excluding hydrogens is 346 g/mol. The van der Waals surface area contributed by atoms with Gasteiger partial charge in [0.1, 0.15) is 11.4 Å². The quantitative estimate of drug-likeness (QED) is 0.626. The van der Waals surface area contributed by atoms with E-state index in [0.717, 1.165) is 5.56 Å². The number of halogens is 1. The average Bonchev–Trinajstić information content (AvgIpc) is 2.60. The number of nitrogens with zero attached hydrogens (tertiary/aromatic N) is 2. The third-order valence-corrected chi connectivity index (χ3v) is 3.94. The van der Waals surface area contributed by atoms with Crippen molar-refractivity contribution in [2.45, 2.75) is 6.54 Å². The van der Waals surface area contributed by atoms with Crippen LogP contribution in [0.5, 0.6) is 5.75 Å². The maximum Gasteiger partial charge on any atom is 0.293 e. The summed E-state index contributed by atoms with van der Waals surface area (Å²) in [6.45, 7) is 0.254. The van der Waals surface area contributed by atoms with Gasteiger partial charge in [-0.1, -0.05) is 11.6 Å². The van der Waals surface area contributed by atoms with Crippen molar-refractivity contribution in [3.8, 4) is 5.75 Å². The van der Waals surface area contributed by atoms with Gasteiger partial charge >= 0.3 is 0 Å². The van der Waals surface area contributed by atoms with E-state index in [1.54, 1.807) is 38.4 Å². The van der Waals surface area contributed by atoms with Crippen molar-refractivity contribution >= 4 is 28.9 Å². The molecule has 0 atom stereocenters. The molecule has 1 amide bonds. The van der Waals surface area contributed by atoms with E-state index >= 15 is 0 Å². The first-order valence-corrected chi connectivity index (χ1v) is 7.79. The molecule has 0 radical (unpaired) electrons. The van der Waals surface area contributed by atoms with Gasteiger partial charge in [-0.15, -0.1) is 0 Å². The number of hydrogen-bond donors (Lipinski definition) is 1. The second-order valence-electron chi connectivity index (χ2n) is 5.36. The molecule has 0 spiro atoms. The van der Waals surface area contributed by atoms with Gasteiger partial charge in [-0.05, 0) is 30.3 Å². The first kappa shape index (κ1) is 18.5. The summed E-state index contributed by atoms with van der Waals surface area (Å²) in [5.74, 6) is 0.272. The van der Waals surface area contributed by atoms with E-state index in [1.807, 2.05) is 0 Å². The Labute approximate surface area is 150 Å². The van der Waals surface area contributed by atoms with Crippen LogP contribution in [0.15, 0.2) is 36.4 Å². The van der Waals surface area contributed by atoms with Gasteiger partial charge in [0.25, 0.3) is 11.6 Å². The molecule has 0 aliphatic heterocycles. The SMILES string of the molecule is CNc1ccc(C(=O)N(C)Cc2cc(Cl)ccc2OC)cc1[N+](=O)[O-]. The molecule has 2 aromatic carbocycles. The summed E-state index contributed by atoms with van der Waals surface area (Å²) in [7, 11) is 4.73. The standard InChI is InChI=1S/C17H18ClN3O4/c1-19-14-6-4-11(9-15(14)21(23)24)17(22)20(2)10-12-8-13(18)5-7-16(12)25-3/h4-9,19H,10H2,1-3H3. The van der Waals surface area contributed by atoms with Gasteiger partial charge in [0.05, 0.1) is 12.0 Å². The highest BCUT2D eigenvalue weighted by atomic mass is 35.5. The lowest BCUT2D eigenvalue weighted by atomic mass is 10.1. The number of methoxy groups -OCH3 is 1. The molecule has 0 aliphatic rings. The van der Waals surface area contributed by atoms with Crippen LogP contribution in [0.4, 0.5) is 11.4 Å². The van der Waals surface area contributed by atoms with E-state index in [9.17, 15) is 14.9 Å². The van der Waals surface area contributed by atoms with Gasteiger partial charge in [0.15, 0.2) is 0 Å². The summed E-state index contributed by atoms with van der Waals surface area (Å²) in [6.07, 6.45) is 0. The molecule has 2 rings (SSSR count). The number of nitro benzene ring substituents is 1. The third-order valence-electron chi connectivity index (χ3n) is 3.71. The Morgan fingerprint density at radius 1 is 1.32 bits per heavy atom. The number of carbonyl (C=O) groups is 1. The molecule has 0 aromatic heterocycles. The van der Waals surface area contributed by atoms with Gasteiger partial charge < -0.3 is 15.0 Å². The highest BCUT2D eigenvalue weighted by Gasteiger charge is 2.20. The summed E-state index contributed by atoms with van der Waals surface area (Å²) >= 11 is 6.00. The maximum atomic E-state index is 12.6. The Balaban J connectivity index is 2.27. The van der Waals surface area contributed by atoms with Crippen LogP contribution in [0.3, 0.4) is 0 Å². The lowest BCUT2D eigenvalue weighted by Gasteiger charge is -2.19. The maximum absolute atomic E-state index is 12.6. The van der Waals surface area contributed by atoms with Crippen LogP contribution in [-0.2, 0) is 6.54 Å². The van der Waals surface area contributed by atoms with Crippen molar-refractivity contribution in [3.05, 3.63) is 62.7 Å². The second-order valence-corrected chi connectivity index (χ2v) is 5.79. The van der Waals surface area contributed by atoms with Crippen molar-refractivity contribution in [2.24, 2.45) is 0 Å². The topological polar surface area (TPSA) is 84.7 Å². The van der Waals surface area contributed by atoms with Gasteiger partial charge in [-0.3, -0.25) is 14.9 Å². The zero-order chi connectivity index (χ0) is 18.6. The van der Waals surface area contributed by atoms with Gasteiger partial charge in [0.2, 0.25) is 0 Å². The first-order chi connectivity index (χ1) is 11.9. The normalized spacial score (nSPS) is 10.2. The van der Waals surface area contributed by atoms with Crippen LogP contribution in [0.1, 0.15) is 15.9 Å². The minimum atomic E-state index is -0.525. The van der Waals surface area contributed by atoms with E-state index in [0.29, 0.717) is 16.5 Å². The molecule has 0 saturated heterocycles. The van der Waals surface area contributed by atoms with Crippen molar-refractivity contribution in [2.75, 3.05) is 26.5 Å². The van der Waals surface area contributed by atoms with Crippen LogP contribution < -0.4 is 10.1 Å². The summed E-state index contributed by atoms with van der Waals surface area (Å²) in [4.78, 5) is 24.7. The van der Waals surface area contributed by atoms with Gasteiger partial charge in [-0.2, -0.15) is 0 Å². The molecule has 132 valence electrons. The van der Waals surface area contributed by atoms with Gasteiger partial charge in [0, 0.05) is 42.9 Å². The number of nitrogens with one attached hydrogen (secondary N) is 1. The van der Waals surface area contributed by atoms with Crippen molar-refractivity contribution < 1.29 is 14.5 Å².